The SMILES string of the molecule is CCOc1cc(/C=C(/Sc2nnc(CC)o2)C(=O)O)ccc1OC(C)C. The maximum atomic E-state index is 11.6. The van der Waals surface area contributed by atoms with Crippen LogP contribution < -0.4 is 9.47 Å². The van der Waals surface area contributed by atoms with Gasteiger partial charge in [-0.2, -0.15) is 0 Å². The molecule has 0 aliphatic rings. The van der Waals surface area contributed by atoms with Gasteiger partial charge in [-0.1, -0.05) is 13.0 Å². The predicted octanol–water partition coefficient (Wildman–Crippen LogP) is 4.04. The molecular formula is C18H22N2O5S. The number of rotatable bonds is 9. The number of carbonyl (C=O) groups is 1. The molecule has 7 nitrogen and oxygen atoms in total. The third-order valence-corrected chi connectivity index (χ3v) is 3.94. The minimum Gasteiger partial charge on any atom is -0.490 e. The van der Waals surface area contributed by atoms with Crippen LogP contribution in [0.2, 0.25) is 0 Å². The van der Waals surface area contributed by atoms with Crippen LogP contribution in [0.25, 0.3) is 6.08 Å². The Bertz CT molecular complexity index is 786. The van der Waals surface area contributed by atoms with E-state index >= 15 is 0 Å². The van der Waals surface area contributed by atoms with Gasteiger partial charge in [0.2, 0.25) is 5.89 Å². The molecule has 1 heterocycles. The van der Waals surface area contributed by atoms with Crippen LogP contribution in [0.5, 0.6) is 11.5 Å². The lowest BCUT2D eigenvalue weighted by Crippen LogP contribution is -2.07. The van der Waals surface area contributed by atoms with Crippen LogP contribution in [0.1, 0.15) is 39.1 Å². The van der Waals surface area contributed by atoms with Crippen molar-refractivity contribution >= 4 is 23.8 Å². The Kier molecular flexibility index (Phi) is 7.08. The van der Waals surface area contributed by atoms with Crippen molar-refractivity contribution in [3.8, 4) is 11.5 Å². The molecule has 2 rings (SSSR count). The summed E-state index contributed by atoms with van der Waals surface area (Å²) in [4.78, 5) is 11.6. The minimum absolute atomic E-state index is 0.00558. The summed E-state index contributed by atoms with van der Waals surface area (Å²) in [5.41, 5.74) is 0.671. The zero-order chi connectivity index (χ0) is 19.1. The summed E-state index contributed by atoms with van der Waals surface area (Å²) < 4.78 is 16.7. The number of hydrogen-bond acceptors (Lipinski definition) is 7. The van der Waals surface area contributed by atoms with Gasteiger partial charge in [0, 0.05) is 6.42 Å². The van der Waals surface area contributed by atoms with Crippen molar-refractivity contribution in [3.63, 3.8) is 0 Å². The largest absolute Gasteiger partial charge is 0.490 e. The second-order valence-corrected chi connectivity index (χ2v) is 6.53. The average molecular weight is 378 g/mol. The molecule has 0 aliphatic heterocycles. The van der Waals surface area contributed by atoms with Crippen molar-refractivity contribution in [2.45, 2.75) is 45.4 Å². The van der Waals surface area contributed by atoms with E-state index in [2.05, 4.69) is 10.2 Å². The van der Waals surface area contributed by atoms with Crippen molar-refractivity contribution in [1.29, 1.82) is 0 Å². The lowest BCUT2D eigenvalue weighted by atomic mass is 10.2. The second kappa shape index (κ2) is 9.28. The summed E-state index contributed by atoms with van der Waals surface area (Å²) in [7, 11) is 0. The molecule has 1 aromatic heterocycles. The lowest BCUT2D eigenvalue weighted by Gasteiger charge is -2.15. The van der Waals surface area contributed by atoms with Gasteiger partial charge in [-0.25, -0.2) is 4.79 Å². The van der Waals surface area contributed by atoms with Crippen molar-refractivity contribution in [3.05, 3.63) is 34.6 Å². The highest BCUT2D eigenvalue weighted by atomic mass is 32.2. The highest BCUT2D eigenvalue weighted by Gasteiger charge is 2.16. The number of carboxylic acid groups (broad SMARTS) is 1. The first-order valence-corrected chi connectivity index (χ1v) is 9.13. The van der Waals surface area contributed by atoms with E-state index in [1.54, 1.807) is 18.2 Å². The Morgan fingerprint density at radius 1 is 1.31 bits per heavy atom. The molecule has 0 bridgehead atoms. The molecule has 0 aliphatic carbocycles. The van der Waals surface area contributed by atoms with Crippen LogP contribution in [0.15, 0.2) is 32.7 Å². The summed E-state index contributed by atoms with van der Waals surface area (Å²) in [6.45, 7) is 8.09. The van der Waals surface area contributed by atoms with Crippen molar-refractivity contribution in [2.24, 2.45) is 0 Å². The van der Waals surface area contributed by atoms with E-state index in [1.807, 2.05) is 27.7 Å². The molecule has 0 saturated heterocycles. The number of aryl methyl sites for hydroxylation is 1. The van der Waals surface area contributed by atoms with E-state index in [0.29, 0.717) is 36.0 Å². The van der Waals surface area contributed by atoms with Gasteiger partial charge in [-0.3, -0.25) is 0 Å². The Labute approximate surface area is 156 Å². The monoisotopic (exact) mass is 378 g/mol. The van der Waals surface area contributed by atoms with Crippen LogP contribution in [-0.4, -0.2) is 34.0 Å². The fourth-order valence-electron chi connectivity index (χ4n) is 2.04. The summed E-state index contributed by atoms with van der Waals surface area (Å²) >= 11 is 0.911. The third kappa shape index (κ3) is 5.52. The molecule has 1 aromatic carbocycles. The van der Waals surface area contributed by atoms with E-state index in [-0.39, 0.29) is 16.2 Å². The quantitative estimate of drug-likeness (QED) is 0.516. The maximum absolute atomic E-state index is 11.6. The van der Waals surface area contributed by atoms with Gasteiger partial charge in [0.1, 0.15) is 4.91 Å². The van der Waals surface area contributed by atoms with E-state index in [9.17, 15) is 9.90 Å². The van der Waals surface area contributed by atoms with Crippen LogP contribution in [-0.2, 0) is 11.2 Å². The number of thioether (sulfide) groups is 1. The molecule has 1 N–H and O–H groups in total. The number of hydrogen-bond donors (Lipinski definition) is 1. The number of nitrogens with zero attached hydrogens (tertiary/aromatic N) is 2. The zero-order valence-corrected chi connectivity index (χ0v) is 16.0. The average Bonchev–Trinajstić information content (AvgIpc) is 3.04. The lowest BCUT2D eigenvalue weighted by molar-refractivity contribution is -0.131. The standard InChI is InChI=1S/C18H22N2O5S/c1-5-16-19-20-18(25-16)26-15(17(21)22)10-12-7-8-13(24-11(3)4)14(9-12)23-6-2/h7-11H,5-6H2,1-4H3,(H,21,22)/b15-10+. The molecule has 0 spiro atoms. The molecule has 0 atom stereocenters. The van der Waals surface area contributed by atoms with Gasteiger partial charge in [0.15, 0.2) is 11.5 Å². The Hall–Kier alpha value is -2.48. The topological polar surface area (TPSA) is 94.7 Å². The highest BCUT2D eigenvalue weighted by molar-refractivity contribution is 8.03. The van der Waals surface area contributed by atoms with Crippen LogP contribution in [0.3, 0.4) is 0 Å². The second-order valence-electron chi connectivity index (χ2n) is 5.54. The summed E-state index contributed by atoms with van der Waals surface area (Å²) in [6.07, 6.45) is 2.13. The highest BCUT2D eigenvalue weighted by Crippen LogP contribution is 2.32. The molecule has 0 amide bonds. The fourth-order valence-corrected chi connectivity index (χ4v) is 2.73. The Morgan fingerprint density at radius 3 is 2.65 bits per heavy atom. The van der Waals surface area contributed by atoms with E-state index in [0.717, 1.165) is 11.8 Å². The van der Waals surface area contributed by atoms with Crippen molar-refractivity contribution in [1.82, 2.24) is 10.2 Å². The number of aliphatic carboxylic acids is 1. The van der Waals surface area contributed by atoms with Gasteiger partial charge in [0.25, 0.3) is 5.22 Å². The molecule has 0 saturated carbocycles. The normalized spacial score (nSPS) is 11.7. The predicted molar refractivity (Wildman–Crippen MR) is 98.5 cm³/mol. The molecular weight excluding hydrogens is 356 g/mol. The Morgan fingerprint density at radius 2 is 2.08 bits per heavy atom. The van der Waals surface area contributed by atoms with Gasteiger partial charge in [-0.15, -0.1) is 10.2 Å². The minimum atomic E-state index is -1.08. The number of benzene rings is 1. The molecule has 0 fully saturated rings. The van der Waals surface area contributed by atoms with Crippen molar-refractivity contribution < 1.29 is 23.8 Å². The van der Waals surface area contributed by atoms with Crippen LogP contribution >= 0.6 is 11.8 Å². The van der Waals surface area contributed by atoms with Gasteiger partial charge < -0.3 is 19.0 Å². The fraction of sp³-hybridized carbons (Fsp3) is 0.389. The number of aromatic nitrogens is 2. The number of carboxylic acids is 1. The first-order chi connectivity index (χ1) is 12.4. The third-order valence-electron chi connectivity index (χ3n) is 3.09. The Balaban J connectivity index is 2.30. The summed E-state index contributed by atoms with van der Waals surface area (Å²) in [5, 5.41) is 17.3. The first-order valence-electron chi connectivity index (χ1n) is 8.31. The molecule has 0 radical (unpaired) electrons. The van der Waals surface area contributed by atoms with E-state index in [1.165, 1.54) is 6.08 Å². The smallest absolute Gasteiger partial charge is 0.342 e. The van der Waals surface area contributed by atoms with E-state index < -0.39 is 5.97 Å². The molecule has 0 unspecified atom stereocenters. The van der Waals surface area contributed by atoms with Gasteiger partial charge >= 0.3 is 5.97 Å². The summed E-state index contributed by atoms with van der Waals surface area (Å²) in [5.74, 6) is 0.571. The molecule has 26 heavy (non-hydrogen) atoms. The van der Waals surface area contributed by atoms with Crippen LogP contribution in [0.4, 0.5) is 0 Å². The molecule has 140 valence electrons. The maximum Gasteiger partial charge on any atom is 0.342 e. The van der Waals surface area contributed by atoms with Crippen LogP contribution in [0, 0.1) is 0 Å². The zero-order valence-electron chi connectivity index (χ0n) is 15.2. The van der Waals surface area contributed by atoms with Gasteiger partial charge in [0.05, 0.1) is 12.7 Å². The molecule has 8 heteroatoms. The number of ether oxygens (including phenoxy) is 2. The molecule has 2 aromatic rings. The van der Waals surface area contributed by atoms with Gasteiger partial charge in [-0.05, 0) is 56.3 Å². The van der Waals surface area contributed by atoms with E-state index in [4.69, 9.17) is 13.9 Å². The van der Waals surface area contributed by atoms with Crippen molar-refractivity contribution in [2.75, 3.05) is 6.61 Å². The first kappa shape index (κ1) is 19.8. The summed E-state index contributed by atoms with van der Waals surface area (Å²) in [6, 6.07) is 5.29.